The SMILES string of the molecule is Cc1ccc(C(C(=O)N2CCN(N)CC2)C2CC2)cc1. The van der Waals surface area contributed by atoms with Gasteiger partial charge in [-0.15, -0.1) is 0 Å². The highest BCUT2D eigenvalue weighted by molar-refractivity contribution is 5.84. The molecule has 0 aromatic heterocycles. The second-order valence-corrected chi connectivity index (χ2v) is 6.09. The summed E-state index contributed by atoms with van der Waals surface area (Å²) in [7, 11) is 0. The third kappa shape index (κ3) is 2.86. The van der Waals surface area contributed by atoms with E-state index in [0.29, 0.717) is 11.8 Å². The lowest BCUT2D eigenvalue weighted by Crippen LogP contribution is -2.52. The number of carbonyl (C=O) groups is 1. The van der Waals surface area contributed by atoms with E-state index in [1.165, 1.54) is 24.0 Å². The molecule has 1 aliphatic heterocycles. The number of nitrogens with two attached hydrogens (primary N) is 1. The Morgan fingerprint density at radius 2 is 1.75 bits per heavy atom. The summed E-state index contributed by atoms with van der Waals surface area (Å²) in [6.07, 6.45) is 2.36. The lowest BCUT2D eigenvalue weighted by molar-refractivity contribution is -0.135. The Kier molecular flexibility index (Phi) is 3.76. The number of hydrogen-bond donors (Lipinski definition) is 1. The zero-order chi connectivity index (χ0) is 14.1. The van der Waals surface area contributed by atoms with Gasteiger partial charge >= 0.3 is 0 Å². The van der Waals surface area contributed by atoms with Crippen LogP contribution in [0.15, 0.2) is 24.3 Å². The predicted octanol–water partition coefficient (Wildman–Crippen LogP) is 1.51. The molecular formula is C16H23N3O. The van der Waals surface area contributed by atoms with E-state index in [0.717, 1.165) is 26.2 Å². The molecule has 2 N–H and O–H groups in total. The highest BCUT2D eigenvalue weighted by Crippen LogP contribution is 2.43. The third-order valence-electron chi connectivity index (χ3n) is 4.42. The average molecular weight is 273 g/mol. The van der Waals surface area contributed by atoms with Crippen molar-refractivity contribution >= 4 is 5.91 Å². The summed E-state index contributed by atoms with van der Waals surface area (Å²) >= 11 is 0. The van der Waals surface area contributed by atoms with E-state index in [-0.39, 0.29) is 5.92 Å². The second-order valence-electron chi connectivity index (χ2n) is 6.09. The van der Waals surface area contributed by atoms with Crippen LogP contribution in [-0.4, -0.2) is 42.0 Å². The zero-order valence-electron chi connectivity index (χ0n) is 12.1. The third-order valence-corrected chi connectivity index (χ3v) is 4.42. The molecule has 1 heterocycles. The van der Waals surface area contributed by atoms with Crippen molar-refractivity contribution in [3.63, 3.8) is 0 Å². The van der Waals surface area contributed by atoms with Crippen LogP contribution in [0.3, 0.4) is 0 Å². The molecule has 3 rings (SSSR count). The molecule has 1 atom stereocenters. The normalized spacial score (nSPS) is 21.8. The minimum Gasteiger partial charge on any atom is -0.339 e. The summed E-state index contributed by atoms with van der Waals surface area (Å²) in [4.78, 5) is 14.8. The van der Waals surface area contributed by atoms with E-state index in [4.69, 9.17) is 5.84 Å². The van der Waals surface area contributed by atoms with Crippen LogP contribution >= 0.6 is 0 Å². The molecule has 0 spiro atoms. The molecule has 4 heteroatoms. The number of nitrogens with zero attached hydrogens (tertiary/aromatic N) is 2. The van der Waals surface area contributed by atoms with Gasteiger partial charge in [-0.3, -0.25) is 10.6 Å². The first-order valence-electron chi connectivity index (χ1n) is 7.50. The van der Waals surface area contributed by atoms with Gasteiger partial charge in [0.25, 0.3) is 0 Å². The molecule has 1 aromatic carbocycles. The second kappa shape index (κ2) is 5.54. The molecule has 1 saturated heterocycles. The van der Waals surface area contributed by atoms with Crippen molar-refractivity contribution < 1.29 is 4.79 Å². The smallest absolute Gasteiger partial charge is 0.230 e. The number of hydrogen-bond acceptors (Lipinski definition) is 3. The maximum atomic E-state index is 12.8. The molecule has 1 amide bonds. The van der Waals surface area contributed by atoms with Gasteiger partial charge in [-0.1, -0.05) is 29.8 Å². The Bertz CT molecular complexity index is 473. The topological polar surface area (TPSA) is 49.6 Å². The van der Waals surface area contributed by atoms with Gasteiger partial charge in [-0.05, 0) is 31.2 Å². The molecule has 0 radical (unpaired) electrons. The van der Waals surface area contributed by atoms with Crippen LogP contribution in [0, 0.1) is 12.8 Å². The Hall–Kier alpha value is -1.39. The number of hydrazine groups is 1. The highest BCUT2D eigenvalue weighted by Gasteiger charge is 2.39. The van der Waals surface area contributed by atoms with Gasteiger partial charge in [0.05, 0.1) is 5.92 Å². The molecule has 2 fully saturated rings. The Labute approximate surface area is 120 Å². The number of piperazine rings is 1. The van der Waals surface area contributed by atoms with Crippen molar-refractivity contribution in [2.45, 2.75) is 25.7 Å². The number of benzene rings is 1. The van der Waals surface area contributed by atoms with Crippen LogP contribution in [0.25, 0.3) is 0 Å². The fourth-order valence-corrected chi connectivity index (χ4v) is 2.96. The van der Waals surface area contributed by atoms with Gasteiger partial charge in [0.1, 0.15) is 0 Å². The maximum Gasteiger partial charge on any atom is 0.230 e. The summed E-state index contributed by atoms with van der Waals surface area (Å²) in [5.41, 5.74) is 2.42. The first kappa shape index (κ1) is 13.6. The van der Waals surface area contributed by atoms with Crippen LogP contribution in [0.2, 0.25) is 0 Å². The van der Waals surface area contributed by atoms with Crippen molar-refractivity contribution in [2.24, 2.45) is 11.8 Å². The number of aryl methyl sites for hydroxylation is 1. The van der Waals surface area contributed by atoms with Crippen LogP contribution in [0.4, 0.5) is 0 Å². The van der Waals surface area contributed by atoms with Gasteiger partial charge in [0, 0.05) is 26.2 Å². The van der Waals surface area contributed by atoms with Gasteiger partial charge < -0.3 is 4.90 Å². The average Bonchev–Trinajstić information content (AvgIpc) is 3.26. The van der Waals surface area contributed by atoms with Crippen molar-refractivity contribution in [2.75, 3.05) is 26.2 Å². The van der Waals surface area contributed by atoms with Crippen LogP contribution in [0.1, 0.15) is 29.9 Å². The van der Waals surface area contributed by atoms with Gasteiger partial charge in [-0.25, -0.2) is 5.01 Å². The van der Waals surface area contributed by atoms with E-state index in [1.54, 1.807) is 5.01 Å². The van der Waals surface area contributed by atoms with Crippen molar-refractivity contribution in [3.8, 4) is 0 Å². The fraction of sp³-hybridized carbons (Fsp3) is 0.562. The lowest BCUT2D eigenvalue weighted by atomic mass is 9.92. The first-order valence-corrected chi connectivity index (χ1v) is 7.50. The largest absolute Gasteiger partial charge is 0.339 e. The molecule has 2 aliphatic rings. The predicted molar refractivity (Wildman–Crippen MR) is 79.0 cm³/mol. The summed E-state index contributed by atoms with van der Waals surface area (Å²) in [6, 6.07) is 8.45. The Morgan fingerprint density at radius 1 is 1.15 bits per heavy atom. The minimum atomic E-state index is 0.0555. The van der Waals surface area contributed by atoms with E-state index in [1.807, 2.05) is 4.90 Å². The van der Waals surface area contributed by atoms with Crippen molar-refractivity contribution in [3.05, 3.63) is 35.4 Å². The molecule has 20 heavy (non-hydrogen) atoms. The van der Waals surface area contributed by atoms with E-state index >= 15 is 0 Å². The molecule has 0 bridgehead atoms. The van der Waals surface area contributed by atoms with Crippen molar-refractivity contribution in [1.82, 2.24) is 9.91 Å². The minimum absolute atomic E-state index is 0.0555. The number of amides is 1. The van der Waals surface area contributed by atoms with E-state index in [9.17, 15) is 4.79 Å². The van der Waals surface area contributed by atoms with Gasteiger partial charge in [0.2, 0.25) is 5.91 Å². The first-order chi connectivity index (χ1) is 9.65. The van der Waals surface area contributed by atoms with E-state index < -0.39 is 0 Å². The summed E-state index contributed by atoms with van der Waals surface area (Å²) in [6.45, 7) is 5.14. The Balaban J connectivity index is 1.76. The van der Waals surface area contributed by atoms with Crippen LogP contribution in [0.5, 0.6) is 0 Å². The van der Waals surface area contributed by atoms with E-state index in [2.05, 4.69) is 31.2 Å². The molecule has 4 nitrogen and oxygen atoms in total. The molecule has 1 unspecified atom stereocenters. The molecule has 1 aliphatic carbocycles. The number of rotatable bonds is 3. The highest BCUT2D eigenvalue weighted by atomic mass is 16.2. The van der Waals surface area contributed by atoms with Crippen molar-refractivity contribution in [1.29, 1.82) is 0 Å². The quantitative estimate of drug-likeness (QED) is 0.849. The number of carbonyl (C=O) groups excluding carboxylic acids is 1. The van der Waals surface area contributed by atoms with Gasteiger partial charge in [0.15, 0.2) is 0 Å². The maximum absolute atomic E-state index is 12.8. The van der Waals surface area contributed by atoms with Crippen LogP contribution in [-0.2, 0) is 4.79 Å². The summed E-state index contributed by atoms with van der Waals surface area (Å²) in [5, 5.41) is 1.79. The molecule has 1 aromatic rings. The molecular weight excluding hydrogens is 250 g/mol. The zero-order valence-corrected chi connectivity index (χ0v) is 12.1. The molecule has 108 valence electrons. The standard InChI is InChI=1S/C16H23N3O/c1-12-2-4-13(5-3-12)15(14-6-7-14)16(20)18-8-10-19(17)11-9-18/h2-5,14-15H,6-11,17H2,1H3. The Morgan fingerprint density at radius 3 is 2.30 bits per heavy atom. The van der Waals surface area contributed by atoms with Crippen LogP contribution < -0.4 is 5.84 Å². The molecule has 1 saturated carbocycles. The summed E-state index contributed by atoms with van der Waals surface area (Å²) in [5.74, 6) is 6.66. The summed E-state index contributed by atoms with van der Waals surface area (Å²) < 4.78 is 0. The fourth-order valence-electron chi connectivity index (χ4n) is 2.96. The van der Waals surface area contributed by atoms with Gasteiger partial charge in [-0.2, -0.15) is 0 Å². The monoisotopic (exact) mass is 273 g/mol. The lowest BCUT2D eigenvalue weighted by Gasteiger charge is -2.34.